The van der Waals surface area contributed by atoms with Crippen molar-refractivity contribution in [3.63, 3.8) is 0 Å². The van der Waals surface area contributed by atoms with Crippen molar-refractivity contribution in [3.05, 3.63) is 24.0 Å². The standard InChI is InChI=1S/C15H20N2O3/c1-2-17-5-7-19-15(11-17)12-20-14-8-13(4-3-6-18)9-16-10-14/h8-10,15,18H,2,5-7,11-12H2,1H3. The molecule has 1 unspecified atom stereocenters. The van der Waals surface area contributed by atoms with Gasteiger partial charge in [-0.25, -0.2) is 0 Å². The topological polar surface area (TPSA) is 54.8 Å². The minimum Gasteiger partial charge on any atom is -0.489 e. The molecule has 5 heteroatoms. The van der Waals surface area contributed by atoms with Gasteiger partial charge in [0.05, 0.1) is 12.8 Å². The summed E-state index contributed by atoms with van der Waals surface area (Å²) in [7, 11) is 0. The van der Waals surface area contributed by atoms with E-state index in [0.717, 1.165) is 31.8 Å². The summed E-state index contributed by atoms with van der Waals surface area (Å²) < 4.78 is 11.4. The van der Waals surface area contributed by atoms with Crippen LogP contribution in [-0.4, -0.2) is 60.5 Å². The number of aliphatic hydroxyl groups is 1. The Morgan fingerprint density at radius 2 is 2.45 bits per heavy atom. The van der Waals surface area contributed by atoms with E-state index in [1.165, 1.54) is 0 Å². The van der Waals surface area contributed by atoms with Crippen LogP contribution in [0.15, 0.2) is 18.5 Å². The van der Waals surface area contributed by atoms with Crippen LogP contribution in [0.25, 0.3) is 0 Å². The number of morpholine rings is 1. The smallest absolute Gasteiger partial charge is 0.138 e. The summed E-state index contributed by atoms with van der Waals surface area (Å²) in [6, 6.07) is 1.82. The van der Waals surface area contributed by atoms with Crippen molar-refractivity contribution >= 4 is 0 Å². The lowest BCUT2D eigenvalue weighted by Crippen LogP contribution is -2.44. The molecule has 1 fully saturated rings. The first-order chi connectivity index (χ1) is 9.81. The summed E-state index contributed by atoms with van der Waals surface area (Å²) in [4.78, 5) is 6.42. The van der Waals surface area contributed by atoms with E-state index in [1.54, 1.807) is 12.4 Å². The van der Waals surface area contributed by atoms with E-state index in [9.17, 15) is 0 Å². The first-order valence-electron chi connectivity index (χ1n) is 6.83. The molecule has 1 aliphatic heterocycles. The van der Waals surface area contributed by atoms with Crippen molar-refractivity contribution in [2.75, 3.05) is 39.5 Å². The maximum absolute atomic E-state index is 8.67. The van der Waals surface area contributed by atoms with E-state index in [0.29, 0.717) is 12.4 Å². The van der Waals surface area contributed by atoms with Gasteiger partial charge in [-0.2, -0.15) is 0 Å². The van der Waals surface area contributed by atoms with Crippen LogP contribution in [0.2, 0.25) is 0 Å². The van der Waals surface area contributed by atoms with Gasteiger partial charge in [-0.15, -0.1) is 0 Å². The molecule has 1 saturated heterocycles. The van der Waals surface area contributed by atoms with Gasteiger partial charge in [-0.05, 0) is 12.6 Å². The zero-order chi connectivity index (χ0) is 14.2. The fourth-order valence-corrected chi connectivity index (χ4v) is 2.07. The number of likely N-dealkylation sites (N-methyl/N-ethyl adjacent to an activating group) is 1. The number of aliphatic hydroxyl groups excluding tert-OH is 1. The van der Waals surface area contributed by atoms with Crippen LogP contribution in [-0.2, 0) is 4.74 Å². The largest absolute Gasteiger partial charge is 0.489 e. The minimum absolute atomic E-state index is 0.0934. The highest BCUT2D eigenvalue weighted by molar-refractivity contribution is 5.36. The molecular formula is C15H20N2O3. The molecule has 1 aromatic heterocycles. The van der Waals surface area contributed by atoms with Gasteiger partial charge in [0.1, 0.15) is 25.1 Å². The van der Waals surface area contributed by atoms with Gasteiger partial charge in [0.25, 0.3) is 0 Å². The Hall–Kier alpha value is -1.61. The molecule has 2 heterocycles. The molecule has 108 valence electrons. The summed E-state index contributed by atoms with van der Waals surface area (Å²) in [5.74, 6) is 6.07. The normalized spacial score (nSPS) is 19.2. The molecule has 1 atom stereocenters. The molecule has 2 rings (SSSR count). The molecule has 20 heavy (non-hydrogen) atoms. The second kappa shape index (κ2) is 7.85. The third-order valence-electron chi connectivity index (χ3n) is 3.13. The number of hydrogen-bond acceptors (Lipinski definition) is 5. The highest BCUT2D eigenvalue weighted by Crippen LogP contribution is 2.12. The average Bonchev–Trinajstić information content (AvgIpc) is 2.51. The zero-order valence-corrected chi connectivity index (χ0v) is 11.7. The molecule has 0 spiro atoms. The summed E-state index contributed by atoms with van der Waals surface area (Å²) in [5, 5.41) is 8.67. The van der Waals surface area contributed by atoms with E-state index in [2.05, 4.69) is 28.6 Å². The van der Waals surface area contributed by atoms with Crippen LogP contribution in [0.5, 0.6) is 5.75 Å². The SMILES string of the molecule is CCN1CCOC(COc2cncc(C#CCO)c2)C1. The Bertz CT molecular complexity index is 481. The first kappa shape index (κ1) is 14.8. The predicted molar refractivity (Wildman–Crippen MR) is 75.5 cm³/mol. The fourth-order valence-electron chi connectivity index (χ4n) is 2.07. The average molecular weight is 276 g/mol. The molecule has 0 bridgehead atoms. The van der Waals surface area contributed by atoms with Gasteiger partial charge < -0.3 is 14.6 Å². The van der Waals surface area contributed by atoms with Crippen molar-refractivity contribution in [2.45, 2.75) is 13.0 Å². The maximum Gasteiger partial charge on any atom is 0.138 e. The highest BCUT2D eigenvalue weighted by Gasteiger charge is 2.19. The first-order valence-corrected chi connectivity index (χ1v) is 6.83. The van der Waals surface area contributed by atoms with Gasteiger partial charge >= 0.3 is 0 Å². The summed E-state index contributed by atoms with van der Waals surface area (Å²) in [6.45, 7) is 6.17. The van der Waals surface area contributed by atoms with Crippen LogP contribution in [0, 0.1) is 11.8 Å². The van der Waals surface area contributed by atoms with Gasteiger partial charge in [0.15, 0.2) is 0 Å². The lowest BCUT2D eigenvalue weighted by Gasteiger charge is -2.31. The summed E-state index contributed by atoms with van der Waals surface area (Å²) in [6.07, 6.45) is 3.39. The lowest BCUT2D eigenvalue weighted by atomic mass is 10.2. The Kier molecular flexibility index (Phi) is 5.81. The molecular weight excluding hydrogens is 256 g/mol. The van der Waals surface area contributed by atoms with E-state index < -0.39 is 0 Å². The van der Waals surface area contributed by atoms with Gasteiger partial charge in [-0.1, -0.05) is 18.8 Å². The molecule has 0 aromatic carbocycles. The van der Waals surface area contributed by atoms with Gasteiger partial charge in [-0.3, -0.25) is 9.88 Å². The maximum atomic E-state index is 8.67. The number of nitrogens with zero attached hydrogens (tertiary/aromatic N) is 2. The molecule has 0 amide bonds. The van der Waals surface area contributed by atoms with Gasteiger partial charge in [0.2, 0.25) is 0 Å². The van der Waals surface area contributed by atoms with Crippen molar-refractivity contribution < 1.29 is 14.6 Å². The number of rotatable bonds is 4. The fraction of sp³-hybridized carbons (Fsp3) is 0.533. The van der Waals surface area contributed by atoms with Crippen LogP contribution in [0.4, 0.5) is 0 Å². The van der Waals surface area contributed by atoms with Crippen molar-refractivity contribution in [2.24, 2.45) is 0 Å². The monoisotopic (exact) mass is 276 g/mol. The van der Waals surface area contributed by atoms with Crippen molar-refractivity contribution in [3.8, 4) is 17.6 Å². The molecule has 0 saturated carbocycles. The molecule has 1 N–H and O–H groups in total. The van der Waals surface area contributed by atoms with Crippen LogP contribution in [0.1, 0.15) is 12.5 Å². The van der Waals surface area contributed by atoms with Crippen LogP contribution < -0.4 is 4.74 Å². The Morgan fingerprint density at radius 3 is 3.25 bits per heavy atom. The number of hydrogen-bond donors (Lipinski definition) is 1. The number of ether oxygens (including phenoxy) is 2. The number of aromatic nitrogens is 1. The third kappa shape index (κ3) is 4.49. The highest BCUT2D eigenvalue weighted by atomic mass is 16.5. The molecule has 1 aromatic rings. The van der Waals surface area contributed by atoms with Crippen molar-refractivity contribution in [1.82, 2.24) is 9.88 Å². The van der Waals surface area contributed by atoms with E-state index in [1.807, 2.05) is 6.07 Å². The van der Waals surface area contributed by atoms with E-state index >= 15 is 0 Å². The van der Waals surface area contributed by atoms with Crippen LogP contribution >= 0.6 is 0 Å². The Labute approximate surface area is 119 Å². The third-order valence-corrected chi connectivity index (χ3v) is 3.13. The van der Waals surface area contributed by atoms with E-state index in [4.69, 9.17) is 14.6 Å². The number of pyridine rings is 1. The zero-order valence-electron chi connectivity index (χ0n) is 11.7. The summed E-state index contributed by atoms with van der Waals surface area (Å²) in [5.41, 5.74) is 0.733. The second-order valence-electron chi connectivity index (χ2n) is 4.57. The second-order valence-corrected chi connectivity index (χ2v) is 4.57. The molecule has 1 aliphatic rings. The van der Waals surface area contributed by atoms with E-state index in [-0.39, 0.29) is 12.7 Å². The van der Waals surface area contributed by atoms with Crippen LogP contribution in [0.3, 0.4) is 0 Å². The minimum atomic E-state index is -0.159. The predicted octanol–water partition coefficient (Wildman–Crippen LogP) is 0.525. The lowest BCUT2D eigenvalue weighted by molar-refractivity contribution is -0.0464. The van der Waals surface area contributed by atoms with Gasteiger partial charge in [0, 0.05) is 24.8 Å². The Balaban J connectivity index is 1.87. The van der Waals surface area contributed by atoms with Crippen molar-refractivity contribution in [1.29, 1.82) is 0 Å². The Morgan fingerprint density at radius 1 is 1.55 bits per heavy atom. The molecule has 0 radical (unpaired) electrons. The molecule has 0 aliphatic carbocycles. The molecule has 5 nitrogen and oxygen atoms in total. The summed E-state index contributed by atoms with van der Waals surface area (Å²) >= 11 is 0. The quantitative estimate of drug-likeness (QED) is 0.813.